The van der Waals surface area contributed by atoms with Gasteiger partial charge in [0.1, 0.15) is 24.4 Å². The third kappa shape index (κ3) is 5.39. The molecule has 0 spiro atoms. The maximum atomic E-state index is 13.0. The van der Waals surface area contributed by atoms with Crippen molar-refractivity contribution in [3.63, 3.8) is 0 Å². The predicted octanol–water partition coefficient (Wildman–Crippen LogP) is 4.00. The van der Waals surface area contributed by atoms with Gasteiger partial charge >= 0.3 is 22.8 Å². The first-order chi connectivity index (χ1) is 17.6. The maximum absolute atomic E-state index is 13.0. The number of aliphatic hydroxyl groups excluding tert-OH is 1. The van der Waals surface area contributed by atoms with Crippen LogP contribution in [0.1, 0.15) is 74.0 Å². The van der Waals surface area contributed by atoms with Crippen molar-refractivity contribution in [2.75, 3.05) is 11.9 Å². The Balaban J connectivity index is 2.11. The van der Waals surface area contributed by atoms with Gasteiger partial charge in [-0.05, 0) is 22.2 Å². The van der Waals surface area contributed by atoms with Gasteiger partial charge in [-0.25, -0.2) is 0 Å². The van der Waals surface area contributed by atoms with Gasteiger partial charge in [-0.2, -0.15) is 0 Å². The highest BCUT2D eigenvalue weighted by molar-refractivity contribution is 6.84. The fraction of sp³-hybridized carbons (Fsp3) is 0.750. The van der Waals surface area contributed by atoms with Gasteiger partial charge in [0.05, 0.1) is 17.1 Å². The minimum absolute atomic E-state index is 0.0157. The van der Waals surface area contributed by atoms with E-state index in [1.807, 2.05) is 0 Å². The molecule has 12 nitrogen and oxygen atoms in total. The number of aromatic nitrogens is 1. The monoisotopic (exact) mass is 571 g/mol. The number of anilines is 1. The lowest BCUT2D eigenvalue weighted by atomic mass is 10.0. The first-order valence-corrected chi connectivity index (χ1v) is 17.1. The Morgan fingerprint density at radius 3 is 2.13 bits per heavy atom. The van der Waals surface area contributed by atoms with Gasteiger partial charge in [0.25, 0.3) is 5.56 Å². The third-order valence-electron chi connectivity index (χ3n) is 7.52. The largest absolute Gasteiger partial charge is 0.414 e. The Morgan fingerprint density at radius 2 is 1.66 bits per heavy atom. The molecule has 0 saturated carbocycles. The summed E-state index contributed by atoms with van der Waals surface area (Å²) >= 11 is 0. The second kappa shape index (κ2) is 11.3. The molecule has 38 heavy (non-hydrogen) atoms. The number of pyridine rings is 1. The summed E-state index contributed by atoms with van der Waals surface area (Å²) in [5.74, 6) is -0.914. The number of nitro groups is 1. The Morgan fingerprint density at radius 1 is 1.11 bits per heavy atom. The van der Waals surface area contributed by atoms with Crippen molar-refractivity contribution < 1.29 is 32.5 Å². The summed E-state index contributed by atoms with van der Waals surface area (Å²) in [7, 11) is -5.90. The molecule has 1 amide bonds. The fourth-order valence-electron chi connectivity index (χ4n) is 5.57. The number of nitrogens with zero attached hydrogens (tertiary/aromatic N) is 1. The highest BCUT2D eigenvalue weighted by atomic mass is 28.5. The van der Waals surface area contributed by atoms with E-state index in [4.69, 9.17) is 17.7 Å². The molecule has 214 valence electrons. The second-order valence-corrected chi connectivity index (χ2v) is 20.2. The van der Waals surface area contributed by atoms with Crippen LogP contribution in [0.15, 0.2) is 10.9 Å². The molecule has 14 heteroatoms. The molecule has 1 aromatic rings. The Bertz CT molecular complexity index is 1090. The average Bonchev–Trinajstić information content (AvgIpc) is 3.06. The Hall–Kier alpha value is -1.95. The lowest BCUT2D eigenvalue weighted by molar-refractivity contribution is -0.384. The molecule has 4 atom stereocenters. The van der Waals surface area contributed by atoms with Crippen molar-refractivity contribution in [2.24, 2.45) is 0 Å². The zero-order valence-electron chi connectivity index (χ0n) is 23.6. The molecule has 0 radical (unpaired) electrons. The summed E-state index contributed by atoms with van der Waals surface area (Å²) in [6, 6.07) is 1.03. The minimum atomic E-state index is -3.05. The summed E-state index contributed by atoms with van der Waals surface area (Å²) in [6.45, 7) is 17.8. The van der Waals surface area contributed by atoms with Crippen molar-refractivity contribution in [1.29, 1.82) is 0 Å². The van der Waals surface area contributed by atoms with Crippen LogP contribution in [-0.2, 0) is 22.5 Å². The second-order valence-electron chi connectivity index (χ2n) is 11.4. The molecule has 3 rings (SSSR count). The van der Waals surface area contributed by atoms with Crippen molar-refractivity contribution in [1.82, 2.24) is 4.98 Å². The van der Waals surface area contributed by atoms with Gasteiger partial charge in [0.2, 0.25) is 5.91 Å². The van der Waals surface area contributed by atoms with E-state index in [2.05, 4.69) is 65.7 Å². The Labute approximate surface area is 225 Å². The van der Waals surface area contributed by atoms with E-state index in [1.54, 1.807) is 0 Å². The summed E-state index contributed by atoms with van der Waals surface area (Å²) in [5.41, 5.74) is -1.12. The first-order valence-electron chi connectivity index (χ1n) is 13.1. The number of nitrogens with one attached hydrogen (secondary N) is 2. The number of hydrogen-bond donors (Lipinski definition) is 3. The van der Waals surface area contributed by atoms with E-state index < -0.39 is 63.6 Å². The first kappa shape index (κ1) is 30.6. The lowest BCUT2D eigenvalue weighted by Crippen LogP contribution is -2.65. The summed E-state index contributed by atoms with van der Waals surface area (Å²) < 4.78 is 26.8. The quantitative estimate of drug-likeness (QED) is 0.249. The van der Waals surface area contributed by atoms with Crippen molar-refractivity contribution in [3.05, 3.63) is 32.1 Å². The summed E-state index contributed by atoms with van der Waals surface area (Å²) in [4.78, 5) is 37.8. The minimum Gasteiger partial charge on any atom is -0.414 e. The molecule has 3 N–H and O–H groups in total. The number of ether oxygens (including phenoxy) is 1. The molecular formula is C24H41N3O9Si2. The van der Waals surface area contributed by atoms with Crippen LogP contribution in [0.2, 0.25) is 22.2 Å². The van der Waals surface area contributed by atoms with Gasteiger partial charge in [0, 0.05) is 13.0 Å². The molecule has 2 aliphatic rings. The molecule has 2 aliphatic heterocycles. The molecule has 1 unspecified atom stereocenters. The number of rotatable bonds is 7. The van der Waals surface area contributed by atoms with E-state index >= 15 is 0 Å². The number of fused-ring (bicyclic) bond motifs is 1. The number of carbonyl (C=O) groups is 1. The average molecular weight is 572 g/mol. The van der Waals surface area contributed by atoms with Crippen LogP contribution in [-0.4, -0.2) is 63.0 Å². The SMILES string of the molecule is CC(=O)Nc1[nH]c(=O)c([C@@H]2O[C@@H]3CO[Si](C(C)C)(C(C)C)O[Si](C(C)C)(C(C)C)OC3[C@@H]2O)cc1[N+](=O)[O-]. The zero-order chi connectivity index (χ0) is 28.7. The highest BCUT2D eigenvalue weighted by Crippen LogP contribution is 2.48. The number of carbonyl (C=O) groups excluding carboxylic acids is 1. The zero-order valence-corrected chi connectivity index (χ0v) is 25.6. The number of H-pyrrole nitrogens is 1. The number of amides is 1. The predicted molar refractivity (Wildman–Crippen MR) is 145 cm³/mol. The van der Waals surface area contributed by atoms with E-state index in [1.165, 1.54) is 6.92 Å². The van der Waals surface area contributed by atoms with Crippen molar-refractivity contribution in [2.45, 2.75) is 109 Å². The lowest BCUT2D eigenvalue weighted by Gasteiger charge is -2.51. The van der Waals surface area contributed by atoms with E-state index in [9.17, 15) is 24.8 Å². The van der Waals surface area contributed by atoms with Crippen LogP contribution in [0.4, 0.5) is 11.5 Å². The van der Waals surface area contributed by atoms with Crippen LogP contribution in [0.5, 0.6) is 0 Å². The normalized spacial score (nSPS) is 26.9. The van der Waals surface area contributed by atoms with Crippen LogP contribution >= 0.6 is 0 Å². The van der Waals surface area contributed by atoms with Crippen molar-refractivity contribution >= 4 is 34.5 Å². The van der Waals surface area contributed by atoms with E-state index in [0.717, 1.165) is 6.07 Å². The molecule has 2 saturated heterocycles. The van der Waals surface area contributed by atoms with Gasteiger partial charge in [0.15, 0.2) is 5.82 Å². The van der Waals surface area contributed by atoms with Crippen LogP contribution in [0.25, 0.3) is 0 Å². The van der Waals surface area contributed by atoms with E-state index in [-0.39, 0.29) is 40.2 Å². The van der Waals surface area contributed by atoms with Gasteiger partial charge < -0.3 is 33.1 Å². The van der Waals surface area contributed by atoms with Crippen molar-refractivity contribution in [3.8, 4) is 0 Å². The van der Waals surface area contributed by atoms with Gasteiger partial charge in [-0.1, -0.05) is 55.4 Å². The molecule has 1 aromatic heterocycles. The molecule has 2 fully saturated rings. The standard InChI is InChI=1S/C24H41N3O9Si2/c1-12(2)37(13(3)4)33-11-19-22(35-38(36-37,14(5)6)15(7)8)20(29)21(34-19)17-10-18(27(31)32)23(25-16(9)28)26-24(17)30/h10,12-15,19-22,29H,11H2,1-9H3,(H2,25,26,28,30)/t19-,20-,21+,22?/m1/s1. The topological polar surface area (TPSA) is 162 Å². The highest BCUT2D eigenvalue weighted by Gasteiger charge is 2.61. The number of hydrogen-bond acceptors (Lipinski definition) is 9. The molecule has 3 heterocycles. The molecule has 0 aliphatic carbocycles. The van der Waals surface area contributed by atoms with Crippen LogP contribution in [0, 0.1) is 10.1 Å². The number of aromatic amines is 1. The van der Waals surface area contributed by atoms with Gasteiger partial charge in [-0.3, -0.25) is 19.7 Å². The molecule has 0 aromatic carbocycles. The summed E-state index contributed by atoms with van der Waals surface area (Å²) in [6.07, 6.45) is -4.10. The maximum Gasteiger partial charge on any atom is 0.335 e. The molecular weight excluding hydrogens is 530 g/mol. The smallest absolute Gasteiger partial charge is 0.335 e. The van der Waals surface area contributed by atoms with E-state index in [0.29, 0.717) is 0 Å². The number of aliphatic hydroxyl groups is 1. The Kier molecular flexibility index (Phi) is 9.07. The van der Waals surface area contributed by atoms with Gasteiger partial charge in [-0.15, -0.1) is 0 Å². The van der Waals surface area contributed by atoms with Crippen LogP contribution < -0.4 is 10.9 Å². The third-order valence-corrected chi connectivity index (χ3v) is 17.8. The molecule has 0 bridgehead atoms. The summed E-state index contributed by atoms with van der Waals surface area (Å²) in [5, 5.41) is 25.4. The van der Waals surface area contributed by atoms with Crippen LogP contribution in [0.3, 0.4) is 0 Å². The fourth-order valence-corrected chi connectivity index (χ4v) is 16.8.